The lowest BCUT2D eigenvalue weighted by Crippen LogP contribution is -2.21. The third-order valence-corrected chi connectivity index (χ3v) is 8.03. The molecule has 0 aliphatic carbocycles. The fourth-order valence-electron chi connectivity index (χ4n) is 3.21. The predicted molar refractivity (Wildman–Crippen MR) is 124 cm³/mol. The number of benzene rings is 1. The van der Waals surface area contributed by atoms with Crippen molar-refractivity contribution in [2.45, 2.75) is 54.6 Å². The zero-order valence-corrected chi connectivity index (χ0v) is 19.0. The van der Waals surface area contributed by atoms with E-state index < -0.39 is 0 Å². The van der Waals surface area contributed by atoms with Crippen LogP contribution >= 0.6 is 35.2 Å². The van der Waals surface area contributed by atoms with E-state index in [4.69, 9.17) is 5.41 Å². The fraction of sp³-hybridized carbons (Fsp3) is 0.318. The summed E-state index contributed by atoms with van der Waals surface area (Å²) < 4.78 is 6.71. The van der Waals surface area contributed by atoms with Crippen molar-refractivity contribution in [3.63, 3.8) is 0 Å². The molecule has 2 N–H and O–H groups in total. The van der Waals surface area contributed by atoms with Crippen LogP contribution in [0.4, 0.5) is 5.69 Å². The molecule has 0 aliphatic rings. The number of thiophene rings is 1. The van der Waals surface area contributed by atoms with Gasteiger partial charge in [-0.2, -0.15) is 0 Å². The third kappa shape index (κ3) is 4.85. The Bertz CT molecular complexity index is 949. The minimum Gasteiger partial charge on any atom is -0.309 e. The van der Waals surface area contributed by atoms with Gasteiger partial charge in [0.1, 0.15) is 5.49 Å². The second-order valence-electron chi connectivity index (χ2n) is 7.00. The van der Waals surface area contributed by atoms with Gasteiger partial charge < -0.3 is 4.72 Å². The number of hydrogen-bond acceptors (Lipinski definition) is 5. The van der Waals surface area contributed by atoms with Gasteiger partial charge in [0.2, 0.25) is 0 Å². The van der Waals surface area contributed by atoms with E-state index in [0.29, 0.717) is 5.49 Å². The van der Waals surface area contributed by atoms with Gasteiger partial charge in [-0.05, 0) is 53.5 Å². The first-order valence-electron chi connectivity index (χ1n) is 9.58. The minimum absolute atomic E-state index is 0.148. The van der Waals surface area contributed by atoms with Crippen molar-refractivity contribution in [1.82, 2.24) is 3.97 Å². The maximum atomic E-state index is 8.11. The van der Waals surface area contributed by atoms with Crippen LogP contribution in [-0.2, 0) is 5.41 Å². The second-order valence-corrected chi connectivity index (χ2v) is 10.00. The van der Waals surface area contributed by atoms with E-state index in [1.54, 1.807) is 17.8 Å². The van der Waals surface area contributed by atoms with Crippen molar-refractivity contribution >= 4 is 40.9 Å². The number of anilines is 1. The summed E-state index contributed by atoms with van der Waals surface area (Å²) in [5.41, 5.74) is 3.20. The Morgan fingerprint density at radius 1 is 1.11 bits per heavy atom. The topological polar surface area (TPSA) is 40.8 Å². The number of rotatable bonds is 9. The van der Waals surface area contributed by atoms with E-state index in [0.717, 1.165) is 19.3 Å². The fourth-order valence-corrected chi connectivity index (χ4v) is 6.33. The smallest absolute Gasteiger partial charge is 0.136 e. The van der Waals surface area contributed by atoms with Crippen LogP contribution in [0.1, 0.15) is 45.6 Å². The first kappa shape index (κ1) is 21.1. The Labute approximate surface area is 180 Å². The molecule has 2 heterocycles. The molecule has 3 rings (SSSR count). The zero-order chi connectivity index (χ0) is 20.0. The lowest BCUT2D eigenvalue weighted by molar-refractivity contribution is 0.416. The van der Waals surface area contributed by atoms with Crippen molar-refractivity contribution in [2.24, 2.45) is 0 Å². The van der Waals surface area contributed by atoms with Gasteiger partial charge in [-0.1, -0.05) is 63.2 Å². The van der Waals surface area contributed by atoms with Gasteiger partial charge in [0, 0.05) is 11.1 Å². The molecule has 28 heavy (non-hydrogen) atoms. The van der Waals surface area contributed by atoms with Crippen LogP contribution < -0.4 is 10.2 Å². The monoisotopic (exact) mass is 429 g/mol. The van der Waals surface area contributed by atoms with Crippen molar-refractivity contribution in [3.8, 4) is 0 Å². The summed E-state index contributed by atoms with van der Waals surface area (Å²) in [7, 11) is 0. The SMILES string of the molecule is CCCC(C)(CC)c1csc(Sc2ccccc2)c1NSn1ccccc1=N. The largest absolute Gasteiger partial charge is 0.309 e. The van der Waals surface area contributed by atoms with E-state index >= 15 is 0 Å². The van der Waals surface area contributed by atoms with E-state index in [1.165, 1.54) is 32.5 Å². The first-order chi connectivity index (χ1) is 13.6. The maximum Gasteiger partial charge on any atom is 0.136 e. The highest BCUT2D eigenvalue weighted by atomic mass is 32.2. The molecule has 0 saturated carbocycles. The maximum absolute atomic E-state index is 8.11. The molecule has 0 radical (unpaired) electrons. The molecule has 0 saturated heterocycles. The predicted octanol–water partition coefficient (Wildman–Crippen LogP) is 7.17. The molecule has 2 aromatic heterocycles. The van der Waals surface area contributed by atoms with Crippen LogP contribution in [0.25, 0.3) is 0 Å². The van der Waals surface area contributed by atoms with Crippen LogP contribution in [0.5, 0.6) is 0 Å². The molecule has 1 unspecified atom stereocenters. The molecule has 0 amide bonds. The Balaban J connectivity index is 1.96. The molecule has 148 valence electrons. The van der Waals surface area contributed by atoms with Crippen LogP contribution in [0.3, 0.4) is 0 Å². The molecule has 0 fully saturated rings. The Hall–Kier alpha value is -1.63. The van der Waals surface area contributed by atoms with Gasteiger partial charge in [-0.25, -0.2) is 0 Å². The second kappa shape index (κ2) is 9.72. The highest BCUT2D eigenvalue weighted by Crippen LogP contribution is 2.48. The Morgan fingerprint density at radius 2 is 1.86 bits per heavy atom. The molecular formula is C22H27N3S3. The summed E-state index contributed by atoms with van der Waals surface area (Å²) >= 11 is 5.08. The first-order valence-corrected chi connectivity index (χ1v) is 12.0. The van der Waals surface area contributed by atoms with Gasteiger partial charge >= 0.3 is 0 Å². The molecular weight excluding hydrogens is 402 g/mol. The molecule has 0 aliphatic heterocycles. The molecule has 6 heteroatoms. The van der Waals surface area contributed by atoms with Crippen LogP contribution in [0, 0.1) is 5.41 Å². The third-order valence-electron chi connectivity index (χ3n) is 5.01. The van der Waals surface area contributed by atoms with E-state index in [1.807, 2.05) is 33.6 Å². The molecule has 0 spiro atoms. The average molecular weight is 430 g/mol. The molecule has 3 aromatic rings. The van der Waals surface area contributed by atoms with Crippen LogP contribution in [0.15, 0.2) is 69.2 Å². The van der Waals surface area contributed by atoms with Gasteiger partial charge in [-0.15, -0.1) is 11.3 Å². The highest BCUT2D eigenvalue weighted by Gasteiger charge is 2.29. The summed E-state index contributed by atoms with van der Waals surface area (Å²) in [5.74, 6) is 0. The summed E-state index contributed by atoms with van der Waals surface area (Å²) in [6.45, 7) is 6.91. The lowest BCUT2D eigenvalue weighted by Gasteiger charge is -2.29. The van der Waals surface area contributed by atoms with Crippen molar-refractivity contribution in [1.29, 1.82) is 5.41 Å². The highest BCUT2D eigenvalue weighted by molar-refractivity contribution is 8.01. The number of nitrogens with one attached hydrogen (secondary N) is 2. The van der Waals surface area contributed by atoms with E-state index in [2.05, 4.69) is 61.2 Å². The van der Waals surface area contributed by atoms with Crippen molar-refractivity contribution < 1.29 is 0 Å². The summed E-state index contributed by atoms with van der Waals surface area (Å²) in [5, 5.41) is 10.4. The van der Waals surface area contributed by atoms with E-state index in [9.17, 15) is 0 Å². The summed E-state index contributed by atoms with van der Waals surface area (Å²) in [6, 6.07) is 16.2. The Morgan fingerprint density at radius 3 is 2.54 bits per heavy atom. The molecule has 1 atom stereocenters. The zero-order valence-electron chi connectivity index (χ0n) is 16.6. The number of nitrogens with zero attached hydrogens (tertiary/aromatic N) is 1. The Kier molecular flexibility index (Phi) is 7.32. The van der Waals surface area contributed by atoms with Crippen LogP contribution in [-0.4, -0.2) is 3.97 Å². The van der Waals surface area contributed by atoms with Crippen molar-refractivity contribution in [2.75, 3.05) is 4.72 Å². The average Bonchev–Trinajstić information content (AvgIpc) is 3.11. The number of pyridine rings is 1. The van der Waals surface area contributed by atoms with Crippen LogP contribution in [0.2, 0.25) is 0 Å². The van der Waals surface area contributed by atoms with Gasteiger partial charge in [-0.3, -0.25) is 9.38 Å². The van der Waals surface area contributed by atoms with Gasteiger partial charge in [0.05, 0.1) is 22.0 Å². The summed E-state index contributed by atoms with van der Waals surface area (Å²) in [6.07, 6.45) is 5.35. The lowest BCUT2D eigenvalue weighted by atomic mass is 9.77. The molecule has 1 aromatic carbocycles. The molecule has 0 bridgehead atoms. The number of aromatic nitrogens is 1. The minimum atomic E-state index is 0.148. The number of hydrogen-bond donors (Lipinski definition) is 2. The normalized spacial score (nSPS) is 13.2. The summed E-state index contributed by atoms with van der Waals surface area (Å²) in [4.78, 5) is 1.24. The van der Waals surface area contributed by atoms with Gasteiger partial charge in [0.25, 0.3) is 0 Å². The quantitative estimate of drug-likeness (QED) is 0.354. The molecule has 3 nitrogen and oxygen atoms in total. The standard InChI is InChI=1S/C22H27N3S3/c1-4-14-22(3,5-2)18-16-26-21(27-17-11-7-6-8-12-17)20(18)24-28-25-15-10-9-13-19(25)23/h6-13,15-16,23-24H,4-5,14H2,1-3H3. The van der Waals surface area contributed by atoms with E-state index in [-0.39, 0.29) is 5.41 Å². The van der Waals surface area contributed by atoms with Crippen molar-refractivity contribution in [3.05, 3.63) is 71.2 Å². The van der Waals surface area contributed by atoms with Gasteiger partial charge in [0.15, 0.2) is 0 Å².